The van der Waals surface area contributed by atoms with Crippen LogP contribution in [0, 0.1) is 25.7 Å². The van der Waals surface area contributed by atoms with E-state index in [4.69, 9.17) is 4.74 Å². The van der Waals surface area contributed by atoms with Gasteiger partial charge in [-0.1, -0.05) is 18.2 Å². The molecule has 0 unspecified atom stereocenters. The number of halogens is 4. The van der Waals surface area contributed by atoms with Crippen LogP contribution < -0.4 is 5.32 Å². The SMILES string of the molecule is CCOC(=O)[C@@H]1C[C@@H]1c1ccc(C(F)(F)F)c(NC(=O)c2c(C)cc(-c3ccc(F)nc3)cc2C)c1. The summed E-state index contributed by atoms with van der Waals surface area (Å²) in [5.74, 6) is -2.34. The number of carbonyl (C=O) groups excluding carboxylic acids is 2. The Morgan fingerprint density at radius 1 is 1.06 bits per heavy atom. The zero-order chi connectivity index (χ0) is 26.2. The van der Waals surface area contributed by atoms with Gasteiger partial charge in [-0.05, 0) is 79.6 Å². The monoisotopic (exact) mass is 500 g/mol. The van der Waals surface area contributed by atoms with E-state index >= 15 is 0 Å². The maximum Gasteiger partial charge on any atom is 0.418 e. The fourth-order valence-corrected chi connectivity index (χ4v) is 4.44. The molecule has 0 bridgehead atoms. The maximum atomic E-state index is 13.7. The van der Waals surface area contributed by atoms with E-state index in [2.05, 4.69) is 10.3 Å². The summed E-state index contributed by atoms with van der Waals surface area (Å²) in [6, 6.07) is 9.73. The van der Waals surface area contributed by atoms with Crippen LogP contribution in [0.15, 0.2) is 48.7 Å². The van der Waals surface area contributed by atoms with Gasteiger partial charge in [-0.2, -0.15) is 17.6 Å². The van der Waals surface area contributed by atoms with E-state index in [9.17, 15) is 27.2 Å². The van der Waals surface area contributed by atoms with Gasteiger partial charge in [0.25, 0.3) is 5.91 Å². The number of aromatic nitrogens is 1. The molecule has 1 aliphatic carbocycles. The summed E-state index contributed by atoms with van der Waals surface area (Å²) in [5, 5.41) is 2.44. The molecule has 0 spiro atoms. The lowest BCUT2D eigenvalue weighted by molar-refractivity contribution is -0.144. The molecule has 5 nitrogen and oxygen atoms in total. The van der Waals surface area contributed by atoms with Gasteiger partial charge in [0.2, 0.25) is 5.95 Å². The Morgan fingerprint density at radius 2 is 1.75 bits per heavy atom. The Bertz CT molecular complexity index is 1300. The lowest BCUT2D eigenvalue weighted by Gasteiger charge is -2.17. The molecule has 1 amide bonds. The van der Waals surface area contributed by atoms with Crippen molar-refractivity contribution in [3.8, 4) is 11.1 Å². The average molecular weight is 500 g/mol. The van der Waals surface area contributed by atoms with Crippen LogP contribution in [0.25, 0.3) is 11.1 Å². The summed E-state index contributed by atoms with van der Waals surface area (Å²) in [6.07, 6.45) is -2.84. The lowest BCUT2D eigenvalue weighted by Crippen LogP contribution is -2.19. The van der Waals surface area contributed by atoms with Crippen molar-refractivity contribution in [3.63, 3.8) is 0 Å². The predicted molar refractivity (Wildman–Crippen MR) is 126 cm³/mol. The van der Waals surface area contributed by atoms with Crippen LogP contribution >= 0.6 is 0 Å². The Hall–Kier alpha value is -3.75. The summed E-state index contributed by atoms with van der Waals surface area (Å²) in [7, 11) is 0. The molecular weight excluding hydrogens is 476 g/mol. The van der Waals surface area contributed by atoms with E-state index < -0.39 is 29.5 Å². The van der Waals surface area contributed by atoms with Crippen molar-refractivity contribution in [3.05, 3.63) is 82.4 Å². The lowest BCUT2D eigenvalue weighted by atomic mass is 9.95. The van der Waals surface area contributed by atoms with Crippen LogP contribution in [0.5, 0.6) is 0 Å². The van der Waals surface area contributed by atoms with Crippen LogP contribution in [-0.2, 0) is 15.7 Å². The Labute approximate surface area is 205 Å². The third-order valence-corrected chi connectivity index (χ3v) is 6.23. The third kappa shape index (κ3) is 5.24. The standard InChI is InChI=1S/C27H24F4N2O3/c1-4-36-26(35)20-12-19(20)16-5-7-21(27(29,30)31)22(11-16)33-25(34)24-14(2)9-18(10-15(24)3)17-6-8-23(28)32-13-17/h5-11,13,19-20H,4,12H2,1-3H3,(H,33,34)/t19-,20-/m1/s1. The molecule has 1 aliphatic rings. The van der Waals surface area contributed by atoms with Crippen molar-refractivity contribution in [1.29, 1.82) is 0 Å². The Morgan fingerprint density at radius 3 is 2.33 bits per heavy atom. The molecule has 1 saturated carbocycles. The number of hydrogen-bond donors (Lipinski definition) is 1. The van der Waals surface area contributed by atoms with Crippen molar-refractivity contribution in [2.45, 2.75) is 39.3 Å². The third-order valence-electron chi connectivity index (χ3n) is 6.23. The molecule has 2 atom stereocenters. The van der Waals surface area contributed by atoms with Crippen molar-refractivity contribution >= 4 is 17.6 Å². The summed E-state index contributed by atoms with van der Waals surface area (Å²) in [4.78, 5) is 28.8. The normalized spacial score (nSPS) is 17.0. The topological polar surface area (TPSA) is 68.3 Å². The van der Waals surface area contributed by atoms with E-state index in [1.807, 2.05) is 0 Å². The fourth-order valence-electron chi connectivity index (χ4n) is 4.44. The second-order valence-corrected chi connectivity index (χ2v) is 8.81. The van der Waals surface area contributed by atoms with Gasteiger partial charge in [-0.3, -0.25) is 9.59 Å². The van der Waals surface area contributed by atoms with E-state index in [-0.39, 0.29) is 29.7 Å². The maximum absolute atomic E-state index is 13.7. The highest BCUT2D eigenvalue weighted by atomic mass is 19.4. The molecule has 3 aromatic rings. The first-order valence-corrected chi connectivity index (χ1v) is 11.4. The number of esters is 1. The van der Waals surface area contributed by atoms with Crippen molar-refractivity contribution in [2.75, 3.05) is 11.9 Å². The highest BCUT2D eigenvalue weighted by Crippen LogP contribution is 2.49. The van der Waals surface area contributed by atoms with Crippen LogP contribution in [0.1, 0.15) is 51.9 Å². The van der Waals surface area contributed by atoms with E-state index in [1.54, 1.807) is 39.0 Å². The zero-order valence-electron chi connectivity index (χ0n) is 19.9. The molecule has 1 heterocycles. The number of pyridine rings is 1. The number of alkyl halides is 3. The first-order chi connectivity index (χ1) is 17.0. The molecule has 188 valence electrons. The van der Waals surface area contributed by atoms with Crippen LogP contribution in [-0.4, -0.2) is 23.5 Å². The summed E-state index contributed by atoms with van der Waals surface area (Å²) in [6.45, 7) is 5.27. The first-order valence-electron chi connectivity index (χ1n) is 11.4. The highest BCUT2D eigenvalue weighted by Gasteiger charge is 2.46. The number of anilines is 1. The molecule has 0 aliphatic heterocycles. The predicted octanol–water partition coefficient (Wildman–Crippen LogP) is 6.44. The minimum atomic E-state index is -4.69. The highest BCUT2D eigenvalue weighted by molar-refractivity contribution is 6.07. The van der Waals surface area contributed by atoms with Gasteiger partial charge in [0.15, 0.2) is 0 Å². The van der Waals surface area contributed by atoms with Crippen LogP contribution in [0.2, 0.25) is 0 Å². The minimum absolute atomic E-state index is 0.228. The van der Waals surface area contributed by atoms with E-state index in [1.165, 1.54) is 24.4 Å². The molecule has 1 fully saturated rings. The molecule has 0 saturated heterocycles. The van der Waals surface area contributed by atoms with Gasteiger partial charge < -0.3 is 10.1 Å². The van der Waals surface area contributed by atoms with Gasteiger partial charge in [-0.15, -0.1) is 0 Å². The number of hydrogen-bond acceptors (Lipinski definition) is 4. The first kappa shape index (κ1) is 25.3. The largest absolute Gasteiger partial charge is 0.466 e. The van der Waals surface area contributed by atoms with E-state index in [0.29, 0.717) is 34.2 Å². The number of ether oxygens (including phenoxy) is 1. The smallest absolute Gasteiger partial charge is 0.418 e. The van der Waals surface area contributed by atoms with Gasteiger partial charge in [0, 0.05) is 17.3 Å². The molecule has 1 aromatic heterocycles. The van der Waals surface area contributed by atoms with Gasteiger partial charge in [-0.25, -0.2) is 4.98 Å². The number of benzene rings is 2. The van der Waals surface area contributed by atoms with Crippen molar-refractivity contribution < 1.29 is 31.9 Å². The Kier molecular flexibility index (Phi) is 6.84. The van der Waals surface area contributed by atoms with Gasteiger partial charge in [0.1, 0.15) is 0 Å². The number of amides is 1. The average Bonchev–Trinajstić information content (AvgIpc) is 3.59. The number of nitrogens with one attached hydrogen (secondary N) is 1. The number of rotatable bonds is 6. The molecule has 9 heteroatoms. The quantitative estimate of drug-likeness (QED) is 0.240. The van der Waals surface area contributed by atoms with Crippen LogP contribution in [0.3, 0.4) is 0 Å². The van der Waals surface area contributed by atoms with Gasteiger partial charge >= 0.3 is 12.1 Å². The summed E-state index contributed by atoms with van der Waals surface area (Å²) >= 11 is 0. The number of carbonyl (C=O) groups is 2. The molecule has 36 heavy (non-hydrogen) atoms. The fraction of sp³-hybridized carbons (Fsp3) is 0.296. The van der Waals surface area contributed by atoms with Crippen molar-refractivity contribution in [2.24, 2.45) is 5.92 Å². The second-order valence-electron chi connectivity index (χ2n) is 8.81. The van der Waals surface area contributed by atoms with E-state index in [0.717, 1.165) is 6.07 Å². The molecule has 4 rings (SSSR count). The Balaban J connectivity index is 1.63. The zero-order valence-corrected chi connectivity index (χ0v) is 19.9. The molecule has 1 N–H and O–H groups in total. The number of aryl methyl sites for hydroxylation is 2. The molecule has 2 aromatic carbocycles. The van der Waals surface area contributed by atoms with Gasteiger partial charge in [0.05, 0.1) is 23.8 Å². The second kappa shape index (κ2) is 9.72. The summed E-state index contributed by atoms with van der Waals surface area (Å²) in [5.41, 5.74) is 1.85. The minimum Gasteiger partial charge on any atom is -0.466 e. The summed E-state index contributed by atoms with van der Waals surface area (Å²) < 4.78 is 59.3. The van der Waals surface area contributed by atoms with Crippen molar-refractivity contribution in [1.82, 2.24) is 4.98 Å². The number of nitrogens with zero attached hydrogens (tertiary/aromatic N) is 1. The molecule has 0 radical (unpaired) electrons. The van der Waals surface area contributed by atoms with Crippen LogP contribution in [0.4, 0.5) is 23.2 Å². The molecular formula is C27H24F4N2O3.